The Morgan fingerprint density at radius 2 is 2.20 bits per heavy atom. The van der Waals surface area contributed by atoms with E-state index in [1.807, 2.05) is 18.2 Å². The van der Waals surface area contributed by atoms with Gasteiger partial charge in [0.15, 0.2) is 0 Å². The van der Waals surface area contributed by atoms with Gasteiger partial charge in [-0.2, -0.15) is 5.10 Å². The average Bonchev–Trinajstić information content (AvgIpc) is 2.91. The van der Waals surface area contributed by atoms with Crippen LogP contribution in [0.3, 0.4) is 0 Å². The Morgan fingerprint density at radius 1 is 1.40 bits per heavy atom. The number of benzene rings is 1. The zero-order chi connectivity index (χ0) is 14.5. The lowest BCUT2D eigenvalue weighted by Crippen LogP contribution is -2.33. The summed E-state index contributed by atoms with van der Waals surface area (Å²) in [4.78, 5) is 3.94. The number of ether oxygens (including phenoxy) is 1. The monoisotopic (exact) mass is 294 g/mol. The van der Waals surface area contributed by atoms with Crippen molar-refractivity contribution in [2.75, 3.05) is 7.11 Å². The van der Waals surface area contributed by atoms with Crippen LogP contribution in [-0.2, 0) is 6.54 Å². The third-order valence-electron chi connectivity index (χ3n) is 3.12. The summed E-state index contributed by atoms with van der Waals surface area (Å²) in [6, 6.07) is 6.02. The van der Waals surface area contributed by atoms with Gasteiger partial charge in [0.05, 0.1) is 13.7 Å². The number of hydrogen-bond donors (Lipinski definition) is 1. The number of nitrogens with zero attached hydrogens (tertiary/aromatic N) is 3. The summed E-state index contributed by atoms with van der Waals surface area (Å²) < 4.78 is 7.19. The van der Waals surface area contributed by atoms with Gasteiger partial charge in [0.1, 0.15) is 18.4 Å². The Kier molecular flexibility index (Phi) is 4.98. The number of hydrogen-bond acceptors (Lipinski definition) is 4. The van der Waals surface area contributed by atoms with E-state index in [0.717, 1.165) is 17.9 Å². The Morgan fingerprint density at radius 3 is 2.85 bits per heavy atom. The minimum Gasteiger partial charge on any atom is -0.496 e. The van der Waals surface area contributed by atoms with Gasteiger partial charge in [-0.05, 0) is 32.0 Å². The fraction of sp³-hybridized carbons (Fsp3) is 0.429. The maximum atomic E-state index is 6.06. The van der Waals surface area contributed by atoms with Crippen molar-refractivity contribution in [3.63, 3.8) is 0 Å². The number of aromatic nitrogens is 3. The molecule has 0 saturated heterocycles. The van der Waals surface area contributed by atoms with Crippen LogP contribution in [0, 0.1) is 0 Å². The lowest BCUT2D eigenvalue weighted by molar-refractivity contribution is 0.382. The molecule has 2 rings (SSSR count). The van der Waals surface area contributed by atoms with Crippen LogP contribution in [0.25, 0.3) is 0 Å². The summed E-state index contributed by atoms with van der Waals surface area (Å²) >= 11 is 6.06. The van der Waals surface area contributed by atoms with Crippen LogP contribution >= 0.6 is 11.6 Å². The molecule has 0 fully saturated rings. The molecule has 0 radical (unpaired) electrons. The molecule has 0 amide bonds. The maximum Gasteiger partial charge on any atom is 0.137 e. The summed E-state index contributed by atoms with van der Waals surface area (Å²) in [7, 11) is 1.66. The van der Waals surface area contributed by atoms with Gasteiger partial charge in [-0.25, -0.2) is 4.98 Å². The topological polar surface area (TPSA) is 52.0 Å². The van der Waals surface area contributed by atoms with E-state index in [9.17, 15) is 0 Å². The van der Waals surface area contributed by atoms with E-state index in [2.05, 4.69) is 29.2 Å². The molecule has 1 aromatic heterocycles. The van der Waals surface area contributed by atoms with Crippen LogP contribution in [0.4, 0.5) is 0 Å². The zero-order valence-electron chi connectivity index (χ0n) is 11.9. The molecule has 0 aliphatic carbocycles. The highest BCUT2D eigenvalue weighted by Crippen LogP contribution is 2.28. The molecule has 2 unspecified atom stereocenters. The van der Waals surface area contributed by atoms with Crippen molar-refractivity contribution in [1.29, 1.82) is 0 Å². The SMILES string of the molecule is COc1ccc(Cl)cc1C(C)NC(C)Cn1cncn1. The van der Waals surface area contributed by atoms with Gasteiger partial charge in [-0.15, -0.1) is 0 Å². The van der Waals surface area contributed by atoms with E-state index in [-0.39, 0.29) is 12.1 Å². The lowest BCUT2D eigenvalue weighted by Gasteiger charge is -2.22. The zero-order valence-corrected chi connectivity index (χ0v) is 12.6. The number of nitrogens with one attached hydrogen (secondary N) is 1. The Labute approximate surface area is 123 Å². The van der Waals surface area contributed by atoms with E-state index in [4.69, 9.17) is 16.3 Å². The first-order valence-corrected chi connectivity index (χ1v) is 6.90. The molecule has 2 aromatic rings. The van der Waals surface area contributed by atoms with Crippen molar-refractivity contribution in [1.82, 2.24) is 20.1 Å². The molecule has 20 heavy (non-hydrogen) atoms. The largest absolute Gasteiger partial charge is 0.496 e. The van der Waals surface area contributed by atoms with Gasteiger partial charge in [0.25, 0.3) is 0 Å². The second kappa shape index (κ2) is 6.72. The van der Waals surface area contributed by atoms with Crippen LogP contribution in [0.2, 0.25) is 5.02 Å². The first-order valence-electron chi connectivity index (χ1n) is 6.52. The third kappa shape index (κ3) is 3.71. The minimum atomic E-state index is 0.127. The molecule has 2 atom stereocenters. The molecule has 0 aliphatic rings. The van der Waals surface area contributed by atoms with Gasteiger partial charge < -0.3 is 10.1 Å². The molecule has 6 heteroatoms. The quantitative estimate of drug-likeness (QED) is 0.890. The molecule has 1 N–H and O–H groups in total. The molecule has 0 saturated carbocycles. The van der Waals surface area contributed by atoms with Crippen molar-refractivity contribution in [3.05, 3.63) is 41.4 Å². The molecule has 0 aliphatic heterocycles. The third-order valence-corrected chi connectivity index (χ3v) is 3.36. The first-order chi connectivity index (χ1) is 9.60. The summed E-state index contributed by atoms with van der Waals surface area (Å²) in [6.07, 6.45) is 3.25. The standard InChI is InChI=1S/C14H19ClN4O/c1-10(7-19-9-16-8-17-19)18-11(2)13-6-12(15)4-5-14(13)20-3/h4-6,8-11,18H,7H2,1-3H3. The summed E-state index contributed by atoms with van der Waals surface area (Å²) in [5, 5.41) is 8.32. The van der Waals surface area contributed by atoms with E-state index in [1.165, 1.54) is 6.33 Å². The minimum absolute atomic E-state index is 0.127. The van der Waals surface area contributed by atoms with E-state index >= 15 is 0 Å². The van der Waals surface area contributed by atoms with Crippen LogP contribution < -0.4 is 10.1 Å². The number of halogens is 1. The fourth-order valence-electron chi connectivity index (χ4n) is 2.22. The number of rotatable bonds is 6. The van der Waals surface area contributed by atoms with Crippen LogP contribution in [0.1, 0.15) is 25.5 Å². The molecule has 5 nitrogen and oxygen atoms in total. The molecule has 1 aromatic carbocycles. The van der Waals surface area contributed by atoms with Crippen LogP contribution in [-0.4, -0.2) is 27.9 Å². The van der Waals surface area contributed by atoms with Crippen LogP contribution in [0.5, 0.6) is 5.75 Å². The molecule has 108 valence electrons. The van der Waals surface area contributed by atoms with Gasteiger partial charge in [-0.1, -0.05) is 11.6 Å². The summed E-state index contributed by atoms with van der Waals surface area (Å²) in [5.41, 5.74) is 1.05. The molecular weight excluding hydrogens is 276 g/mol. The Bertz CT molecular complexity index is 544. The van der Waals surface area contributed by atoms with Crippen molar-refractivity contribution >= 4 is 11.6 Å². The summed E-state index contributed by atoms with van der Waals surface area (Å²) in [6.45, 7) is 4.95. The van der Waals surface area contributed by atoms with Crippen LogP contribution in [0.15, 0.2) is 30.9 Å². The highest BCUT2D eigenvalue weighted by atomic mass is 35.5. The maximum absolute atomic E-state index is 6.06. The fourth-order valence-corrected chi connectivity index (χ4v) is 2.40. The van der Waals surface area contributed by atoms with Gasteiger partial charge in [-0.3, -0.25) is 4.68 Å². The van der Waals surface area contributed by atoms with Gasteiger partial charge in [0.2, 0.25) is 0 Å². The smallest absolute Gasteiger partial charge is 0.137 e. The highest BCUT2D eigenvalue weighted by Gasteiger charge is 2.14. The molecule has 0 spiro atoms. The van der Waals surface area contributed by atoms with Gasteiger partial charge >= 0.3 is 0 Å². The molecule has 1 heterocycles. The molecular formula is C14H19ClN4O. The molecule has 0 bridgehead atoms. The van der Waals surface area contributed by atoms with E-state index in [0.29, 0.717) is 5.02 Å². The second-order valence-corrected chi connectivity index (χ2v) is 5.23. The Hall–Kier alpha value is -1.59. The van der Waals surface area contributed by atoms with Crippen molar-refractivity contribution in [2.45, 2.75) is 32.5 Å². The summed E-state index contributed by atoms with van der Waals surface area (Å²) in [5.74, 6) is 0.836. The average molecular weight is 295 g/mol. The highest BCUT2D eigenvalue weighted by molar-refractivity contribution is 6.30. The number of methoxy groups -OCH3 is 1. The predicted octanol–water partition coefficient (Wildman–Crippen LogP) is 2.68. The van der Waals surface area contributed by atoms with Crippen molar-refractivity contribution in [3.8, 4) is 5.75 Å². The predicted molar refractivity (Wildman–Crippen MR) is 79.0 cm³/mol. The first kappa shape index (κ1) is 14.8. The normalized spacial score (nSPS) is 14.0. The second-order valence-electron chi connectivity index (χ2n) is 4.79. The lowest BCUT2D eigenvalue weighted by atomic mass is 10.1. The van der Waals surface area contributed by atoms with Crippen molar-refractivity contribution < 1.29 is 4.74 Å². The Balaban J connectivity index is 2.03. The van der Waals surface area contributed by atoms with Crippen molar-refractivity contribution in [2.24, 2.45) is 0 Å². The van der Waals surface area contributed by atoms with E-state index in [1.54, 1.807) is 18.1 Å². The van der Waals surface area contributed by atoms with Gasteiger partial charge in [0, 0.05) is 22.7 Å². The van der Waals surface area contributed by atoms with E-state index < -0.39 is 0 Å².